The van der Waals surface area contributed by atoms with E-state index in [0.717, 1.165) is 19.3 Å². The van der Waals surface area contributed by atoms with Crippen molar-refractivity contribution < 1.29 is 9.66 Å². The second-order valence-electron chi connectivity index (χ2n) is 4.58. The van der Waals surface area contributed by atoms with E-state index in [9.17, 15) is 10.1 Å². The van der Waals surface area contributed by atoms with Gasteiger partial charge in [0.15, 0.2) is 0 Å². The van der Waals surface area contributed by atoms with Crippen LogP contribution < -0.4 is 10.5 Å². The third kappa shape index (κ3) is 3.17. The fraction of sp³-hybridized carbons (Fsp3) is 0.500. The molecule has 0 spiro atoms. The van der Waals surface area contributed by atoms with Gasteiger partial charge in [-0.15, -0.1) is 0 Å². The second kappa shape index (κ2) is 5.63. The van der Waals surface area contributed by atoms with Gasteiger partial charge in [-0.05, 0) is 25.7 Å². The fourth-order valence-corrected chi connectivity index (χ4v) is 2.17. The van der Waals surface area contributed by atoms with Crippen LogP contribution in [0, 0.1) is 21.4 Å². The summed E-state index contributed by atoms with van der Waals surface area (Å²) in [6.07, 6.45) is 4.48. The molecule has 1 aromatic rings. The lowest BCUT2D eigenvalue weighted by Gasteiger charge is -2.26. The zero-order valence-corrected chi connectivity index (χ0v) is 10.3. The summed E-state index contributed by atoms with van der Waals surface area (Å²) in [5.41, 5.74) is 5.70. The number of hydrogen-bond donors (Lipinski definition) is 1. The van der Waals surface area contributed by atoms with E-state index in [1.165, 1.54) is 12.3 Å². The minimum absolute atomic E-state index is 0.0388. The van der Waals surface area contributed by atoms with E-state index in [2.05, 4.69) is 4.98 Å². The Balaban J connectivity index is 2.20. The summed E-state index contributed by atoms with van der Waals surface area (Å²) in [7, 11) is 0. The molecule has 1 aliphatic rings. The van der Waals surface area contributed by atoms with Gasteiger partial charge in [0.25, 0.3) is 5.88 Å². The number of nitro groups is 1. The Bertz CT molecular complexity index is 526. The van der Waals surface area contributed by atoms with Crippen molar-refractivity contribution in [2.24, 2.45) is 5.73 Å². The molecule has 1 saturated carbocycles. The standard InChI is InChI=1S/C12H14N4O3/c13-6-8-4-11(16(17)18)12(15-7-8)19-10-3-1-2-9(14)5-10/h4,7,9-10H,1-3,5,14H2. The summed E-state index contributed by atoms with van der Waals surface area (Å²) < 4.78 is 5.58. The van der Waals surface area contributed by atoms with Gasteiger partial charge in [0.05, 0.1) is 10.5 Å². The Morgan fingerprint density at radius 2 is 2.37 bits per heavy atom. The van der Waals surface area contributed by atoms with Gasteiger partial charge >= 0.3 is 5.69 Å². The molecule has 2 atom stereocenters. The lowest BCUT2D eigenvalue weighted by molar-refractivity contribution is -0.386. The van der Waals surface area contributed by atoms with Gasteiger partial charge in [0.2, 0.25) is 0 Å². The normalized spacial score (nSPS) is 22.5. The monoisotopic (exact) mass is 262 g/mol. The molecule has 1 aromatic heterocycles. The second-order valence-corrected chi connectivity index (χ2v) is 4.58. The van der Waals surface area contributed by atoms with E-state index in [1.54, 1.807) is 0 Å². The number of aromatic nitrogens is 1. The van der Waals surface area contributed by atoms with Crippen LogP contribution in [0.5, 0.6) is 5.88 Å². The maximum atomic E-state index is 10.9. The first-order valence-corrected chi connectivity index (χ1v) is 6.07. The van der Waals surface area contributed by atoms with Crippen LogP contribution in [0.3, 0.4) is 0 Å². The number of hydrogen-bond acceptors (Lipinski definition) is 6. The first kappa shape index (κ1) is 13.2. The van der Waals surface area contributed by atoms with Crippen LogP contribution in [-0.4, -0.2) is 22.1 Å². The van der Waals surface area contributed by atoms with Crippen LogP contribution in [0.15, 0.2) is 12.3 Å². The molecule has 19 heavy (non-hydrogen) atoms. The first-order chi connectivity index (χ1) is 9.10. The van der Waals surface area contributed by atoms with Crippen LogP contribution in [0.1, 0.15) is 31.2 Å². The minimum atomic E-state index is -0.591. The smallest absolute Gasteiger partial charge is 0.332 e. The SMILES string of the molecule is N#Cc1cnc(OC2CCCC(N)C2)c([N+](=O)[O-])c1. The number of ether oxygens (including phenoxy) is 1. The van der Waals surface area contributed by atoms with Crippen molar-refractivity contribution in [1.29, 1.82) is 5.26 Å². The van der Waals surface area contributed by atoms with Gasteiger partial charge in [-0.25, -0.2) is 4.98 Å². The molecule has 0 saturated heterocycles. The van der Waals surface area contributed by atoms with Gasteiger partial charge in [0.1, 0.15) is 12.2 Å². The molecule has 0 amide bonds. The van der Waals surface area contributed by atoms with E-state index in [0.29, 0.717) is 6.42 Å². The van der Waals surface area contributed by atoms with Crippen LogP contribution in [-0.2, 0) is 0 Å². The molecule has 0 bridgehead atoms. The highest BCUT2D eigenvalue weighted by Crippen LogP contribution is 2.29. The van der Waals surface area contributed by atoms with Gasteiger partial charge in [-0.2, -0.15) is 5.26 Å². The maximum absolute atomic E-state index is 10.9. The molecule has 7 heteroatoms. The van der Waals surface area contributed by atoms with Crippen molar-refractivity contribution >= 4 is 5.69 Å². The lowest BCUT2D eigenvalue weighted by atomic mass is 9.93. The zero-order chi connectivity index (χ0) is 13.8. The van der Waals surface area contributed by atoms with E-state index < -0.39 is 4.92 Å². The molecule has 1 fully saturated rings. The molecule has 2 N–H and O–H groups in total. The van der Waals surface area contributed by atoms with Crippen molar-refractivity contribution in [1.82, 2.24) is 4.98 Å². The molecular weight excluding hydrogens is 248 g/mol. The van der Waals surface area contributed by atoms with Crippen LogP contribution >= 0.6 is 0 Å². The number of nitriles is 1. The predicted molar refractivity (Wildman–Crippen MR) is 66.5 cm³/mol. The van der Waals surface area contributed by atoms with Crippen molar-refractivity contribution in [2.45, 2.75) is 37.8 Å². The Labute approximate surface area is 110 Å². The molecule has 0 radical (unpaired) electrons. The maximum Gasteiger partial charge on any atom is 0.332 e. The average molecular weight is 262 g/mol. The van der Waals surface area contributed by atoms with E-state index >= 15 is 0 Å². The van der Waals surface area contributed by atoms with Gasteiger partial charge in [0, 0.05) is 18.3 Å². The van der Waals surface area contributed by atoms with E-state index in [4.69, 9.17) is 15.7 Å². The fourth-order valence-electron chi connectivity index (χ4n) is 2.17. The topological polar surface area (TPSA) is 115 Å². The summed E-state index contributed by atoms with van der Waals surface area (Å²) in [6.45, 7) is 0. The third-order valence-electron chi connectivity index (χ3n) is 3.10. The zero-order valence-electron chi connectivity index (χ0n) is 10.3. The Morgan fingerprint density at radius 3 is 3.00 bits per heavy atom. The number of pyridine rings is 1. The summed E-state index contributed by atoms with van der Waals surface area (Å²) >= 11 is 0. The molecule has 100 valence electrons. The third-order valence-corrected chi connectivity index (χ3v) is 3.10. The Morgan fingerprint density at radius 1 is 1.58 bits per heavy atom. The molecule has 1 aliphatic carbocycles. The van der Waals surface area contributed by atoms with Crippen LogP contribution in [0.25, 0.3) is 0 Å². The number of nitrogens with two attached hydrogens (primary N) is 1. The van der Waals surface area contributed by atoms with Crippen LogP contribution in [0.4, 0.5) is 5.69 Å². The molecule has 2 unspecified atom stereocenters. The van der Waals surface area contributed by atoms with Crippen molar-refractivity contribution in [3.8, 4) is 11.9 Å². The molecule has 1 heterocycles. The summed E-state index contributed by atoms with van der Waals surface area (Å²) in [5.74, 6) is -0.0388. The van der Waals surface area contributed by atoms with E-state index in [1.807, 2.05) is 6.07 Å². The summed E-state index contributed by atoms with van der Waals surface area (Å²) in [5, 5.41) is 19.7. The number of nitrogens with zero attached hydrogens (tertiary/aromatic N) is 3. The highest BCUT2D eigenvalue weighted by molar-refractivity contribution is 5.46. The largest absolute Gasteiger partial charge is 0.469 e. The molecule has 0 aliphatic heterocycles. The van der Waals surface area contributed by atoms with Gasteiger partial charge in [-0.1, -0.05) is 0 Å². The molecule has 0 aromatic carbocycles. The van der Waals surface area contributed by atoms with Gasteiger partial charge in [-0.3, -0.25) is 10.1 Å². The van der Waals surface area contributed by atoms with Crippen LogP contribution in [0.2, 0.25) is 0 Å². The lowest BCUT2D eigenvalue weighted by Crippen LogP contribution is -2.34. The summed E-state index contributed by atoms with van der Waals surface area (Å²) in [4.78, 5) is 14.2. The quantitative estimate of drug-likeness (QED) is 0.652. The number of rotatable bonds is 3. The average Bonchev–Trinajstić information content (AvgIpc) is 2.39. The molecule has 7 nitrogen and oxygen atoms in total. The van der Waals surface area contributed by atoms with E-state index in [-0.39, 0.29) is 29.3 Å². The first-order valence-electron chi connectivity index (χ1n) is 6.07. The minimum Gasteiger partial charge on any atom is -0.469 e. The Hall–Kier alpha value is -2.20. The van der Waals surface area contributed by atoms with Crippen molar-refractivity contribution in [3.63, 3.8) is 0 Å². The van der Waals surface area contributed by atoms with Crippen molar-refractivity contribution in [2.75, 3.05) is 0 Å². The van der Waals surface area contributed by atoms with Gasteiger partial charge < -0.3 is 10.5 Å². The summed E-state index contributed by atoms with van der Waals surface area (Å²) in [6, 6.07) is 3.06. The highest BCUT2D eigenvalue weighted by atomic mass is 16.6. The predicted octanol–water partition coefficient (Wildman–Crippen LogP) is 1.51. The van der Waals surface area contributed by atoms with Crippen molar-refractivity contribution in [3.05, 3.63) is 27.9 Å². The highest BCUT2D eigenvalue weighted by Gasteiger charge is 2.25. The molecule has 2 rings (SSSR count). The Kier molecular flexibility index (Phi) is 3.92. The molecular formula is C12H14N4O3.